The first-order valence-corrected chi connectivity index (χ1v) is 8.62. The summed E-state index contributed by atoms with van der Waals surface area (Å²) in [5.41, 5.74) is 0.513. The molecule has 0 bridgehead atoms. The van der Waals surface area contributed by atoms with Crippen molar-refractivity contribution in [2.45, 2.75) is 24.6 Å². The van der Waals surface area contributed by atoms with Gasteiger partial charge in [-0.25, -0.2) is 12.8 Å². The molecule has 0 amide bonds. The lowest BCUT2D eigenvalue weighted by Crippen LogP contribution is -2.52. The van der Waals surface area contributed by atoms with Crippen LogP contribution in [0.1, 0.15) is 18.4 Å². The highest BCUT2D eigenvalue weighted by molar-refractivity contribution is 7.88. The largest absolute Gasteiger partial charge is 0.298 e. The number of benzene rings is 1. The minimum absolute atomic E-state index is 0.114. The number of piperazine rings is 1. The maximum atomic E-state index is 13.1. The van der Waals surface area contributed by atoms with Gasteiger partial charge in [0, 0.05) is 25.7 Å². The molecule has 110 valence electrons. The van der Waals surface area contributed by atoms with Gasteiger partial charge in [0.2, 0.25) is 10.0 Å². The minimum atomic E-state index is -3.35. The second-order valence-corrected chi connectivity index (χ2v) is 7.55. The Labute approximate surface area is 119 Å². The van der Waals surface area contributed by atoms with Crippen LogP contribution in [0.4, 0.5) is 4.39 Å². The van der Waals surface area contributed by atoms with E-state index in [0.717, 1.165) is 25.9 Å². The molecule has 3 rings (SSSR count). The van der Waals surface area contributed by atoms with Crippen LogP contribution >= 0.6 is 0 Å². The highest BCUT2D eigenvalue weighted by Gasteiger charge is 2.35. The number of sulfonamides is 1. The number of halogens is 1. The maximum Gasteiger partial charge on any atom is 0.218 e. The smallest absolute Gasteiger partial charge is 0.218 e. The molecule has 1 unspecified atom stereocenters. The summed E-state index contributed by atoms with van der Waals surface area (Å²) < 4.78 is 39.6. The highest BCUT2D eigenvalue weighted by Crippen LogP contribution is 2.24. The van der Waals surface area contributed by atoms with Crippen LogP contribution < -0.4 is 0 Å². The van der Waals surface area contributed by atoms with Crippen molar-refractivity contribution in [2.24, 2.45) is 0 Å². The van der Waals surface area contributed by atoms with Gasteiger partial charge in [0.25, 0.3) is 0 Å². The van der Waals surface area contributed by atoms with Crippen molar-refractivity contribution in [3.05, 3.63) is 35.6 Å². The molecule has 0 N–H and O–H groups in total. The van der Waals surface area contributed by atoms with Gasteiger partial charge in [-0.15, -0.1) is 0 Å². The van der Waals surface area contributed by atoms with E-state index in [1.54, 1.807) is 16.4 Å². The van der Waals surface area contributed by atoms with Gasteiger partial charge in [0.05, 0.1) is 5.75 Å². The topological polar surface area (TPSA) is 40.6 Å². The molecule has 1 atom stereocenters. The van der Waals surface area contributed by atoms with Crippen molar-refractivity contribution < 1.29 is 12.8 Å². The van der Waals surface area contributed by atoms with Crippen LogP contribution in [0.15, 0.2) is 24.3 Å². The van der Waals surface area contributed by atoms with Crippen LogP contribution in [-0.4, -0.2) is 49.8 Å². The Morgan fingerprint density at radius 3 is 2.90 bits per heavy atom. The van der Waals surface area contributed by atoms with Gasteiger partial charge < -0.3 is 0 Å². The van der Waals surface area contributed by atoms with Crippen molar-refractivity contribution >= 4 is 10.0 Å². The zero-order valence-electron chi connectivity index (χ0n) is 11.3. The standard InChI is InChI=1S/C14H19FN2O2S/c15-13-4-1-3-12(9-13)11-20(18,19)17-8-7-16-6-2-5-14(16)10-17/h1,3-4,9,14H,2,5-8,10-11H2. The van der Waals surface area contributed by atoms with E-state index in [0.29, 0.717) is 24.7 Å². The molecule has 2 saturated heterocycles. The van der Waals surface area contributed by atoms with E-state index in [1.165, 1.54) is 12.1 Å². The van der Waals surface area contributed by atoms with E-state index in [4.69, 9.17) is 0 Å². The van der Waals surface area contributed by atoms with E-state index in [2.05, 4.69) is 4.90 Å². The van der Waals surface area contributed by atoms with E-state index in [-0.39, 0.29) is 5.75 Å². The molecule has 0 spiro atoms. The summed E-state index contributed by atoms with van der Waals surface area (Å²) in [4.78, 5) is 2.37. The Kier molecular flexibility index (Phi) is 3.79. The molecule has 20 heavy (non-hydrogen) atoms. The Morgan fingerprint density at radius 1 is 1.25 bits per heavy atom. The predicted molar refractivity (Wildman–Crippen MR) is 75.2 cm³/mol. The average Bonchev–Trinajstić information content (AvgIpc) is 2.85. The van der Waals surface area contributed by atoms with Crippen molar-refractivity contribution in [1.29, 1.82) is 0 Å². The van der Waals surface area contributed by atoms with Gasteiger partial charge >= 0.3 is 0 Å². The van der Waals surface area contributed by atoms with E-state index in [1.807, 2.05) is 0 Å². The lowest BCUT2D eigenvalue weighted by Gasteiger charge is -2.36. The van der Waals surface area contributed by atoms with Crippen LogP contribution in [0, 0.1) is 5.82 Å². The molecule has 0 radical (unpaired) electrons. The summed E-state index contributed by atoms with van der Waals surface area (Å²) in [6.07, 6.45) is 2.23. The summed E-state index contributed by atoms with van der Waals surface area (Å²) in [6, 6.07) is 6.20. The lowest BCUT2D eigenvalue weighted by molar-refractivity contribution is 0.158. The third-order valence-corrected chi connectivity index (χ3v) is 6.00. The molecule has 2 heterocycles. The fraction of sp³-hybridized carbons (Fsp3) is 0.571. The summed E-state index contributed by atoms with van der Waals surface area (Å²) in [7, 11) is -3.35. The Hall–Kier alpha value is -0.980. The highest BCUT2D eigenvalue weighted by atomic mass is 32.2. The van der Waals surface area contributed by atoms with Crippen LogP contribution in [0.25, 0.3) is 0 Å². The normalized spacial score (nSPS) is 24.8. The zero-order valence-corrected chi connectivity index (χ0v) is 12.2. The van der Waals surface area contributed by atoms with Gasteiger partial charge in [0.1, 0.15) is 5.82 Å². The van der Waals surface area contributed by atoms with Crippen molar-refractivity contribution in [3.63, 3.8) is 0 Å². The maximum absolute atomic E-state index is 13.1. The summed E-state index contributed by atoms with van der Waals surface area (Å²) in [6.45, 7) is 3.03. The lowest BCUT2D eigenvalue weighted by atomic mass is 10.2. The van der Waals surface area contributed by atoms with Gasteiger partial charge in [-0.1, -0.05) is 12.1 Å². The summed E-state index contributed by atoms with van der Waals surface area (Å²) in [5, 5.41) is 0. The summed E-state index contributed by atoms with van der Waals surface area (Å²) in [5.74, 6) is -0.504. The predicted octanol–water partition coefficient (Wildman–Crippen LogP) is 1.44. The van der Waals surface area contributed by atoms with Gasteiger partial charge in [-0.05, 0) is 37.1 Å². The van der Waals surface area contributed by atoms with E-state index >= 15 is 0 Å². The third-order valence-electron chi connectivity index (χ3n) is 4.18. The van der Waals surface area contributed by atoms with E-state index in [9.17, 15) is 12.8 Å². The number of hydrogen-bond donors (Lipinski definition) is 0. The number of fused-ring (bicyclic) bond motifs is 1. The van der Waals surface area contributed by atoms with Gasteiger partial charge in [-0.2, -0.15) is 4.31 Å². The van der Waals surface area contributed by atoms with Gasteiger partial charge in [0.15, 0.2) is 0 Å². The molecule has 1 aromatic rings. The molecule has 0 aliphatic carbocycles. The molecule has 4 nitrogen and oxygen atoms in total. The second kappa shape index (κ2) is 5.42. The molecular formula is C14H19FN2O2S. The average molecular weight is 298 g/mol. The number of rotatable bonds is 3. The molecule has 0 aromatic heterocycles. The van der Waals surface area contributed by atoms with Crippen molar-refractivity contribution in [3.8, 4) is 0 Å². The Bertz CT molecular complexity index is 591. The molecule has 2 fully saturated rings. The summed E-state index contributed by atoms with van der Waals surface area (Å²) >= 11 is 0. The first-order valence-electron chi connectivity index (χ1n) is 7.01. The first-order chi connectivity index (χ1) is 9.54. The number of hydrogen-bond acceptors (Lipinski definition) is 3. The second-order valence-electron chi connectivity index (χ2n) is 5.58. The quantitative estimate of drug-likeness (QED) is 0.848. The van der Waals surface area contributed by atoms with Gasteiger partial charge in [-0.3, -0.25) is 4.90 Å². The molecule has 6 heteroatoms. The SMILES string of the molecule is O=S(=O)(Cc1cccc(F)c1)N1CCN2CCCC2C1. The molecule has 0 saturated carbocycles. The molecule has 1 aromatic carbocycles. The monoisotopic (exact) mass is 298 g/mol. The van der Waals surface area contributed by atoms with Crippen LogP contribution in [0.5, 0.6) is 0 Å². The molecular weight excluding hydrogens is 279 g/mol. The van der Waals surface area contributed by atoms with Crippen LogP contribution in [0.2, 0.25) is 0 Å². The Balaban J connectivity index is 1.72. The van der Waals surface area contributed by atoms with E-state index < -0.39 is 15.8 Å². The Morgan fingerprint density at radius 2 is 2.10 bits per heavy atom. The number of nitrogens with zero attached hydrogens (tertiary/aromatic N) is 2. The minimum Gasteiger partial charge on any atom is -0.298 e. The van der Waals surface area contributed by atoms with Crippen molar-refractivity contribution in [1.82, 2.24) is 9.21 Å². The molecule has 2 aliphatic heterocycles. The van der Waals surface area contributed by atoms with Crippen LogP contribution in [-0.2, 0) is 15.8 Å². The van der Waals surface area contributed by atoms with Crippen LogP contribution in [0.3, 0.4) is 0 Å². The molecule has 2 aliphatic rings. The van der Waals surface area contributed by atoms with Crippen molar-refractivity contribution in [2.75, 3.05) is 26.2 Å². The zero-order chi connectivity index (χ0) is 14.2. The first kappa shape index (κ1) is 14.0. The third kappa shape index (κ3) is 2.87. The fourth-order valence-corrected chi connectivity index (χ4v) is 4.69. The fourth-order valence-electron chi connectivity index (χ4n) is 3.14.